The number of para-hydroxylation sites is 1. The molecule has 4 rings (SSSR count). The van der Waals surface area contributed by atoms with Gasteiger partial charge in [-0.2, -0.15) is 0 Å². The highest BCUT2D eigenvalue weighted by Crippen LogP contribution is 2.35. The summed E-state index contributed by atoms with van der Waals surface area (Å²) in [5.41, 5.74) is 2.23. The number of carbonyl (C=O) groups is 1. The van der Waals surface area contributed by atoms with Gasteiger partial charge < -0.3 is 14.6 Å². The first kappa shape index (κ1) is 16.4. The Kier molecular flexibility index (Phi) is 4.42. The fraction of sp³-hybridized carbons (Fsp3) is 0.136. The van der Waals surface area contributed by atoms with E-state index in [0.717, 1.165) is 16.9 Å². The summed E-state index contributed by atoms with van der Waals surface area (Å²) >= 11 is 0. The minimum atomic E-state index is -1.22. The van der Waals surface area contributed by atoms with Gasteiger partial charge in [-0.3, -0.25) is 4.79 Å². The predicted molar refractivity (Wildman–Crippen MR) is 97.4 cm³/mol. The molecule has 2 atom stereocenters. The molecule has 0 aromatic heterocycles. The summed E-state index contributed by atoms with van der Waals surface area (Å²) in [6.45, 7) is 0.481. The summed E-state index contributed by atoms with van der Waals surface area (Å²) in [6, 6.07) is 24.1. The van der Waals surface area contributed by atoms with E-state index < -0.39 is 12.2 Å². The van der Waals surface area contributed by atoms with Crippen molar-refractivity contribution in [2.24, 2.45) is 0 Å². The highest BCUT2D eigenvalue weighted by atomic mass is 16.5. The zero-order valence-corrected chi connectivity index (χ0v) is 14.0. The Bertz CT molecular complexity index is 903. The molecule has 4 nitrogen and oxygen atoms in total. The lowest BCUT2D eigenvalue weighted by Crippen LogP contribution is -2.36. The highest BCUT2D eigenvalue weighted by molar-refractivity contribution is 6.03. The molecule has 26 heavy (non-hydrogen) atoms. The van der Waals surface area contributed by atoms with E-state index in [4.69, 9.17) is 9.47 Å². The number of aliphatic hydroxyl groups excluding tert-OH is 1. The molecule has 3 aromatic rings. The molecular formula is C22H18O4. The van der Waals surface area contributed by atoms with E-state index in [0.29, 0.717) is 17.9 Å². The van der Waals surface area contributed by atoms with E-state index in [1.807, 2.05) is 54.6 Å². The molecule has 0 fully saturated rings. The number of rotatable bonds is 4. The number of hydrogen-bond donors (Lipinski definition) is 1. The van der Waals surface area contributed by atoms with Gasteiger partial charge in [0.1, 0.15) is 18.1 Å². The first-order chi connectivity index (χ1) is 12.7. The molecule has 0 bridgehead atoms. The van der Waals surface area contributed by atoms with Crippen LogP contribution in [0.3, 0.4) is 0 Å². The van der Waals surface area contributed by atoms with Crippen LogP contribution in [0.15, 0.2) is 78.9 Å². The SMILES string of the molecule is O=C1c2ccccc2OC(c2ccc(OCc3ccccc3)cc2)C1O. The van der Waals surface area contributed by atoms with Crippen molar-refractivity contribution in [3.63, 3.8) is 0 Å². The minimum absolute atomic E-state index is 0.318. The molecule has 0 radical (unpaired) electrons. The quantitative estimate of drug-likeness (QED) is 0.777. The van der Waals surface area contributed by atoms with Crippen molar-refractivity contribution in [3.05, 3.63) is 95.6 Å². The van der Waals surface area contributed by atoms with Gasteiger partial charge in [-0.05, 0) is 35.4 Å². The van der Waals surface area contributed by atoms with Crippen LogP contribution in [-0.2, 0) is 6.61 Å². The van der Waals surface area contributed by atoms with Crippen molar-refractivity contribution in [1.82, 2.24) is 0 Å². The topological polar surface area (TPSA) is 55.8 Å². The summed E-state index contributed by atoms with van der Waals surface area (Å²) in [4.78, 5) is 12.4. The zero-order valence-electron chi connectivity index (χ0n) is 14.0. The molecule has 1 heterocycles. The Morgan fingerprint density at radius 2 is 1.58 bits per heavy atom. The van der Waals surface area contributed by atoms with Gasteiger partial charge >= 0.3 is 0 Å². The standard InChI is InChI=1S/C22H18O4/c23-20-18-8-4-5-9-19(18)26-22(21(20)24)16-10-12-17(13-11-16)25-14-15-6-2-1-3-7-15/h1-13,21-22,24H,14H2. The number of Topliss-reactive ketones (excluding diaryl/α,β-unsaturated/α-hetero) is 1. The maximum Gasteiger partial charge on any atom is 0.199 e. The van der Waals surface area contributed by atoms with E-state index in [9.17, 15) is 9.90 Å². The number of ether oxygens (including phenoxy) is 2. The number of fused-ring (bicyclic) bond motifs is 1. The number of carbonyl (C=O) groups excluding carboxylic acids is 1. The van der Waals surface area contributed by atoms with Crippen LogP contribution in [0.5, 0.6) is 11.5 Å². The van der Waals surface area contributed by atoms with Gasteiger partial charge in [0.05, 0.1) is 5.56 Å². The first-order valence-electron chi connectivity index (χ1n) is 8.47. The Morgan fingerprint density at radius 3 is 2.35 bits per heavy atom. The third-order valence-electron chi connectivity index (χ3n) is 4.42. The number of aliphatic hydroxyl groups is 1. The largest absolute Gasteiger partial charge is 0.489 e. The Labute approximate surface area is 151 Å². The number of hydrogen-bond acceptors (Lipinski definition) is 4. The van der Waals surface area contributed by atoms with Crippen LogP contribution in [0.25, 0.3) is 0 Å². The number of benzene rings is 3. The first-order valence-corrected chi connectivity index (χ1v) is 8.47. The van der Waals surface area contributed by atoms with Crippen LogP contribution in [0.4, 0.5) is 0 Å². The summed E-state index contributed by atoms with van der Waals surface area (Å²) in [6.07, 6.45) is -1.94. The van der Waals surface area contributed by atoms with Crippen molar-refractivity contribution in [2.75, 3.05) is 0 Å². The van der Waals surface area contributed by atoms with Crippen LogP contribution in [0, 0.1) is 0 Å². The third kappa shape index (κ3) is 3.19. The molecule has 1 N–H and O–H groups in total. The van der Waals surface area contributed by atoms with Crippen LogP contribution < -0.4 is 9.47 Å². The molecule has 1 aliphatic heterocycles. The Morgan fingerprint density at radius 1 is 0.885 bits per heavy atom. The lowest BCUT2D eigenvalue weighted by atomic mass is 9.93. The lowest BCUT2D eigenvalue weighted by Gasteiger charge is -2.29. The molecule has 4 heteroatoms. The van der Waals surface area contributed by atoms with Gasteiger partial charge in [-0.25, -0.2) is 0 Å². The van der Waals surface area contributed by atoms with Gasteiger partial charge in [0.2, 0.25) is 0 Å². The van der Waals surface area contributed by atoms with E-state index in [-0.39, 0.29) is 5.78 Å². The molecular weight excluding hydrogens is 328 g/mol. The normalized spacial score (nSPS) is 18.7. The maximum atomic E-state index is 12.4. The monoisotopic (exact) mass is 346 g/mol. The number of ketones is 1. The highest BCUT2D eigenvalue weighted by Gasteiger charge is 2.36. The summed E-state index contributed by atoms with van der Waals surface area (Å²) in [7, 11) is 0. The molecule has 130 valence electrons. The van der Waals surface area contributed by atoms with Crippen molar-refractivity contribution in [2.45, 2.75) is 18.8 Å². The summed E-state index contributed by atoms with van der Waals surface area (Å²) in [5.74, 6) is 0.896. The van der Waals surface area contributed by atoms with Crippen LogP contribution in [0.2, 0.25) is 0 Å². The fourth-order valence-corrected chi connectivity index (χ4v) is 3.02. The molecule has 1 aliphatic rings. The minimum Gasteiger partial charge on any atom is -0.489 e. The third-order valence-corrected chi connectivity index (χ3v) is 4.42. The fourth-order valence-electron chi connectivity index (χ4n) is 3.02. The van der Waals surface area contributed by atoms with Gasteiger partial charge in [0.15, 0.2) is 18.0 Å². The second-order valence-corrected chi connectivity index (χ2v) is 6.19. The predicted octanol–water partition coefficient (Wildman–Crippen LogP) is 3.94. The smallest absolute Gasteiger partial charge is 0.199 e. The molecule has 0 amide bonds. The molecule has 2 unspecified atom stereocenters. The molecule has 0 spiro atoms. The second kappa shape index (κ2) is 7.02. The Hall–Kier alpha value is -3.11. The van der Waals surface area contributed by atoms with Crippen molar-refractivity contribution in [1.29, 1.82) is 0 Å². The Balaban J connectivity index is 1.49. The van der Waals surface area contributed by atoms with Crippen molar-refractivity contribution < 1.29 is 19.4 Å². The van der Waals surface area contributed by atoms with Gasteiger partial charge in [0, 0.05) is 0 Å². The summed E-state index contributed by atoms with van der Waals surface area (Å²) < 4.78 is 11.6. The zero-order chi connectivity index (χ0) is 17.9. The summed E-state index contributed by atoms with van der Waals surface area (Å²) in [5, 5.41) is 10.4. The van der Waals surface area contributed by atoms with Crippen LogP contribution >= 0.6 is 0 Å². The van der Waals surface area contributed by atoms with Gasteiger partial charge in [-0.1, -0.05) is 54.6 Å². The van der Waals surface area contributed by atoms with E-state index in [1.54, 1.807) is 24.3 Å². The van der Waals surface area contributed by atoms with E-state index >= 15 is 0 Å². The van der Waals surface area contributed by atoms with Crippen LogP contribution in [-0.4, -0.2) is 17.0 Å². The van der Waals surface area contributed by atoms with Crippen molar-refractivity contribution >= 4 is 5.78 Å². The molecule has 0 saturated carbocycles. The second-order valence-electron chi connectivity index (χ2n) is 6.19. The molecule has 3 aromatic carbocycles. The van der Waals surface area contributed by atoms with Crippen molar-refractivity contribution in [3.8, 4) is 11.5 Å². The lowest BCUT2D eigenvalue weighted by molar-refractivity contribution is 0.0216. The van der Waals surface area contributed by atoms with Gasteiger partial charge in [-0.15, -0.1) is 0 Å². The van der Waals surface area contributed by atoms with E-state index in [2.05, 4.69) is 0 Å². The average molecular weight is 346 g/mol. The van der Waals surface area contributed by atoms with Gasteiger partial charge in [0.25, 0.3) is 0 Å². The van der Waals surface area contributed by atoms with Crippen LogP contribution in [0.1, 0.15) is 27.6 Å². The molecule has 0 aliphatic carbocycles. The maximum absolute atomic E-state index is 12.4. The average Bonchev–Trinajstić information content (AvgIpc) is 2.70. The molecule has 0 saturated heterocycles. The van der Waals surface area contributed by atoms with E-state index in [1.165, 1.54) is 0 Å².